The average Bonchev–Trinajstić information content (AvgIpc) is 3.04. The number of hydrogen-bond donors (Lipinski definition) is 2. The molecule has 0 spiro atoms. The van der Waals surface area contributed by atoms with Crippen molar-refractivity contribution in [3.8, 4) is 5.75 Å². The highest BCUT2D eigenvalue weighted by molar-refractivity contribution is 5.86. The second-order valence-corrected chi connectivity index (χ2v) is 11.7. The van der Waals surface area contributed by atoms with Crippen LogP contribution in [0.15, 0.2) is 54.7 Å². The lowest BCUT2D eigenvalue weighted by atomic mass is 9.82. The molecule has 2 aromatic rings. The van der Waals surface area contributed by atoms with E-state index < -0.39 is 0 Å². The minimum atomic E-state index is 0. The van der Waals surface area contributed by atoms with Crippen LogP contribution in [0.5, 0.6) is 5.75 Å². The topological polar surface area (TPSA) is 99.3 Å². The summed E-state index contributed by atoms with van der Waals surface area (Å²) in [6.45, 7) is 8.24. The van der Waals surface area contributed by atoms with Gasteiger partial charge in [0.05, 0.1) is 19.8 Å². The first kappa shape index (κ1) is 39.6. The van der Waals surface area contributed by atoms with Crippen LogP contribution in [0.1, 0.15) is 24.1 Å². The van der Waals surface area contributed by atoms with Gasteiger partial charge in [-0.3, -0.25) is 19.5 Å². The van der Waals surface area contributed by atoms with Crippen molar-refractivity contribution >= 4 is 54.7 Å². The van der Waals surface area contributed by atoms with Crippen LogP contribution in [-0.4, -0.2) is 106 Å². The molecule has 46 heavy (non-hydrogen) atoms. The molecular weight excluding hydrogens is 651 g/mol. The lowest BCUT2D eigenvalue weighted by molar-refractivity contribution is -0.132. The summed E-state index contributed by atoms with van der Waals surface area (Å²) in [4.78, 5) is 36.9. The van der Waals surface area contributed by atoms with Gasteiger partial charge in [-0.15, -0.1) is 37.2 Å². The molecule has 1 aromatic carbocycles. The smallest absolute Gasteiger partial charge is 0.236 e. The summed E-state index contributed by atoms with van der Waals surface area (Å²) >= 11 is 0. The fraction of sp³-hybridized carbons (Fsp3) is 0.545. The Morgan fingerprint density at radius 3 is 2.72 bits per heavy atom. The molecule has 0 radical (unpaired) electrons. The monoisotopic (exact) mass is 698 g/mol. The number of aromatic nitrogens is 1. The van der Waals surface area contributed by atoms with Crippen molar-refractivity contribution in [2.45, 2.75) is 25.8 Å². The number of carbonyl (C=O) groups excluding carboxylic acids is 2. The normalized spacial score (nSPS) is 20.8. The van der Waals surface area contributed by atoms with Gasteiger partial charge >= 0.3 is 0 Å². The lowest BCUT2D eigenvalue weighted by Gasteiger charge is -2.37. The maximum absolute atomic E-state index is 13.2. The van der Waals surface area contributed by atoms with Crippen LogP contribution in [0.4, 0.5) is 5.69 Å². The molecule has 2 amide bonds. The number of nitrogens with zero attached hydrogens (tertiary/aromatic N) is 4. The van der Waals surface area contributed by atoms with Crippen LogP contribution in [0.2, 0.25) is 0 Å². The number of ether oxygens (including phenoxy) is 2. The zero-order valence-electron chi connectivity index (χ0n) is 26.6. The van der Waals surface area contributed by atoms with E-state index in [4.69, 9.17) is 9.47 Å². The number of fused-ring (bicyclic) bond motifs is 3. The summed E-state index contributed by atoms with van der Waals surface area (Å²) in [5, 5.41) is 6.46. The van der Waals surface area contributed by atoms with Crippen LogP contribution < -0.4 is 20.3 Å². The molecule has 2 saturated heterocycles. The Hall–Kier alpha value is -2.60. The molecule has 256 valence electrons. The zero-order valence-corrected chi connectivity index (χ0v) is 29.1. The fourth-order valence-electron chi connectivity index (χ4n) is 6.04. The summed E-state index contributed by atoms with van der Waals surface area (Å²) < 4.78 is 11.6. The van der Waals surface area contributed by atoms with Crippen molar-refractivity contribution in [2.75, 3.05) is 84.1 Å². The molecule has 2 fully saturated rings. The highest BCUT2D eigenvalue weighted by atomic mass is 35.5. The van der Waals surface area contributed by atoms with Gasteiger partial charge in [0, 0.05) is 95.4 Å². The van der Waals surface area contributed by atoms with E-state index in [1.165, 1.54) is 0 Å². The molecule has 4 heterocycles. The third kappa shape index (κ3) is 11.9. The fourth-order valence-corrected chi connectivity index (χ4v) is 6.04. The predicted octanol–water partition coefficient (Wildman–Crippen LogP) is 3.37. The van der Waals surface area contributed by atoms with Gasteiger partial charge in [-0.1, -0.05) is 18.2 Å². The quantitative estimate of drug-likeness (QED) is 0.385. The SMILES string of the molecule is CN(CCc1ccccn1)c1ccc2c(c1)CNCC(=O)N1CC[C@@H](CC(=O)NCCN3CCOCC3)[C@@H](/C=C/CO2)C1.Cl.Cl.Cl. The van der Waals surface area contributed by atoms with Gasteiger partial charge < -0.3 is 29.9 Å². The van der Waals surface area contributed by atoms with Gasteiger partial charge in [0.2, 0.25) is 11.8 Å². The van der Waals surface area contributed by atoms with Gasteiger partial charge in [0.25, 0.3) is 0 Å². The maximum atomic E-state index is 13.2. The Bertz CT molecular complexity index is 1240. The van der Waals surface area contributed by atoms with Crippen LogP contribution >= 0.6 is 37.2 Å². The highest BCUT2D eigenvalue weighted by Gasteiger charge is 2.31. The number of amides is 2. The molecule has 0 saturated carbocycles. The first-order chi connectivity index (χ1) is 21.0. The Labute approximate surface area is 291 Å². The number of pyridine rings is 1. The van der Waals surface area contributed by atoms with Gasteiger partial charge in [-0.05, 0) is 48.6 Å². The van der Waals surface area contributed by atoms with E-state index in [1.807, 2.05) is 41.4 Å². The van der Waals surface area contributed by atoms with E-state index >= 15 is 0 Å². The number of rotatable bonds is 9. The lowest BCUT2D eigenvalue weighted by Crippen LogP contribution is -2.47. The standard InChI is InChI=1S/C33H46N6O4.3ClH/c1-37(13-10-29-6-2-3-11-35-29)30-7-8-31-28(21-30)23-34-24-33(41)39-14-9-26(27(25-39)5-4-18-43-31)22-32(40)36-12-15-38-16-19-42-20-17-38;;;/h2-8,11,21,26-27,34H,9-10,12-20,22-25H2,1H3,(H,36,40);3*1H/b5-4+;;;/t26-,27-;;;/m0.../s1. The maximum Gasteiger partial charge on any atom is 0.236 e. The van der Waals surface area contributed by atoms with Gasteiger partial charge in [0.15, 0.2) is 0 Å². The van der Waals surface area contributed by atoms with Crippen LogP contribution in [0, 0.1) is 11.8 Å². The molecular formula is C33H49Cl3N6O4. The number of likely N-dealkylation sites (N-methyl/N-ethyl adjacent to an activating group) is 1. The molecule has 2 N–H and O–H groups in total. The summed E-state index contributed by atoms with van der Waals surface area (Å²) in [6.07, 6.45) is 8.16. The van der Waals surface area contributed by atoms with Gasteiger partial charge in [-0.25, -0.2) is 0 Å². The van der Waals surface area contributed by atoms with Crippen LogP contribution in [0.25, 0.3) is 0 Å². The van der Waals surface area contributed by atoms with E-state index in [-0.39, 0.29) is 67.4 Å². The van der Waals surface area contributed by atoms with Crippen molar-refractivity contribution in [2.24, 2.45) is 11.8 Å². The van der Waals surface area contributed by atoms with Crippen molar-refractivity contribution in [1.29, 1.82) is 0 Å². The van der Waals surface area contributed by atoms with Crippen molar-refractivity contribution < 1.29 is 19.1 Å². The number of nitrogens with one attached hydrogen (secondary N) is 2. The summed E-state index contributed by atoms with van der Waals surface area (Å²) in [5.74, 6) is 1.30. The Balaban J connectivity index is 0.00000245. The number of halogens is 3. The molecule has 1 aromatic heterocycles. The number of benzene rings is 1. The van der Waals surface area contributed by atoms with E-state index in [0.29, 0.717) is 39.2 Å². The molecule has 0 aliphatic carbocycles. The van der Waals surface area contributed by atoms with Crippen molar-refractivity contribution in [3.63, 3.8) is 0 Å². The molecule has 10 nitrogen and oxygen atoms in total. The van der Waals surface area contributed by atoms with E-state index in [0.717, 1.165) is 74.9 Å². The van der Waals surface area contributed by atoms with Crippen LogP contribution in [-0.2, 0) is 27.3 Å². The summed E-state index contributed by atoms with van der Waals surface area (Å²) in [7, 11) is 2.08. The van der Waals surface area contributed by atoms with E-state index in [1.54, 1.807) is 0 Å². The molecule has 2 bridgehead atoms. The summed E-state index contributed by atoms with van der Waals surface area (Å²) in [5.41, 5.74) is 3.18. The Morgan fingerprint density at radius 1 is 1.11 bits per heavy atom. The van der Waals surface area contributed by atoms with Gasteiger partial charge in [0.1, 0.15) is 12.4 Å². The van der Waals surface area contributed by atoms with Crippen molar-refractivity contribution in [1.82, 2.24) is 25.4 Å². The molecule has 5 rings (SSSR count). The average molecular weight is 700 g/mol. The number of hydrogen-bond acceptors (Lipinski definition) is 8. The third-order valence-electron chi connectivity index (χ3n) is 8.69. The molecule has 2 atom stereocenters. The zero-order chi connectivity index (χ0) is 29.9. The minimum Gasteiger partial charge on any atom is -0.489 e. The summed E-state index contributed by atoms with van der Waals surface area (Å²) in [6, 6.07) is 12.2. The Morgan fingerprint density at radius 2 is 1.93 bits per heavy atom. The molecule has 3 aliphatic rings. The third-order valence-corrected chi connectivity index (χ3v) is 8.69. The second kappa shape index (κ2) is 20.6. The predicted molar refractivity (Wildman–Crippen MR) is 189 cm³/mol. The first-order valence-electron chi connectivity index (χ1n) is 15.6. The van der Waals surface area contributed by atoms with Gasteiger partial charge in [-0.2, -0.15) is 0 Å². The minimum absolute atomic E-state index is 0. The van der Waals surface area contributed by atoms with E-state index in [2.05, 4.69) is 50.7 Å². The highest BCUT2D eigenvalue weighted by Crippen LogP contribution is 2.29. The number of carbonyl (C=O) groups is 2. The second-order valence-electron chi connectivity index (χ2n) is 11.7. The largest absolute Gasteiger partial charge is 0.489 e. The van der Waals surface area contributed by atoms with Crippen molar-refractivity contribution in [3.05, 3.63) is 66.0 Å². The number of piperidine rings is 1. The molecule has 0 unspecified atom stereocenters. The molecule has 13 heteroatoms. The van der Waals surface area contributed by atoms with Crippen LogP contribution in [0.3, 0.4) is 0 Å². The molecule has 3 aliphatic heterocycles. The Kier molecular flexibility index (Phi) is 17.7. The number of anilines is 1. The van der Waals surface area contributed by atoms with E-state index in [9.17, 15) is 9.59 Å². The first-order valence-corrected chi connectivity index (χ1v) is 15.6. The number of morpholine rings is 1.